The summed E-state index contributed by atoms with van der Waals surface area (Å²) < 4.78 is 14.2. The molecule has 0 bridgehead atoms. The number of ether oxygens (including phenoxy) is 2. The largest absolute Gasteiger partial charge is 0.462 e. The summed E-state index contributed by atoms with van der Waals surface area (Å²) in [5.41, 5.74) is 3.55. The monoisotopic (exact) mass is 595 g/mol. The van der Waals surface area contributed by atoms with E-state index < -0.39 is 23.8 Å². The molecule has 1 aliphatic heterocycles. The SMILES string of the molecule is CCOC(=O)c1ccc(N(C(=O)Cn2nnc3ccccc32)[C@H](C(=O)NC[C@H]2CCCO2)c2nc3ccccc3n2C)cc1. The lowest BCUT2D eigenvalue weighted by atomic mass is 10.1. The smallest absolute Gasteiger partial charge is 0.338 e. The van der Waals surface area contributed by atoms with Crippen LogP contribution in [0.2, 0.25) is 0 Å². The van der Waals surface area contributed by atoms with Gasteiger partial charge in [-0.05, 0) is 68.3 Å². The lowest BCUT2D eigenvalue weighted by molar-refractivity contribution is -0.127. The number of fused-ring (bicyclic) bond motifs is 2. The van der Waals surface area contributed by atoms with Crippen molar-refractivity contribution >= 4 is 45.5 Å². The maximum atomic E-state index is 14.4. The van der Waals surface area contributed by atoms with Crippen molar-refractivity contribution in [3.63, 3.8) is 0 Å². The summed E-state index contributed by atoms with van der Waals surface area (Å²) in [5.74, 6) is -0.937. The number of amides is 2. The van der Waals surface area contributed by atoms with E-state index in [1.54, 1.807) is 31.2 Å². The van der Waals surface area contributed by atoms with E-state index in [0.29, 0.717) is 46.8 Å². The molecule has 1 saturated heterocycles. The van der Waals surface area contributed by atoms with Crippen LogP contribution in [0.3, 0.4) is 0 Å². The molecule has 5 aromatic rings. The number of para-hydroxylation sites is 3. The van der Waals surface area contributed by atoms with Crippen molar-refractivity contribution in [1.29, 1.82) is 0 Å². The van der Waals surface area contributed by atoms with Gasteiger partial charge in [0.25, 0.3) is 5.91 Å². The standard InChI is InChI=1S/C32H33N7O5/c1-3-43-32(42)21-14-16-22(17-15-21)39(28(40)20-38-27-13-7-5-11-25(27)35-36-38)29(31(41)33-19-23-9-8-18-44-23)30-34-24-10-4-6-12-26(24)37(30)2/h4-7,10-17,23,29H,3,8-9,18-20H2,1-2H3,(H,33,41)/t23-,29+/m1/s1. The van der Waals surface area contributed by atoms with Gasteiger partial charge in [-0.1, -0.05) is 29.5 Å². The number of anilines is 1. The molecule has 0 radical (unpaired) electrons. The molecule has 226 valence electrons. The third kappa shape index (κ3) is 5.76. The minimum atomic E-state index is -1.16. The molecule has 44 heavy (non-hydrogen) atoms. The highest BCUT2D eigenvalue weighted by Crippen LogP contribution is 2.31. The van der Waals surface area contributed by atoms with E-state index in [4.69, 9.17) is 14.5 Å². The average Bonchev–Trinajstić information content (AvgIpc) is 3.79. The number of carbonyl (C=O) groups excluding carboxylic acids is 3. The van der Waals surface area contributed by atoms with Gasteiger partial charge in [-0.25, -0.2) is 14.5 Å². The molecule has 1 N–H and O–H groups in total. The van der Waals surface area contributed by atoms with Crippen LogP contribution in [0.5, 0.6) is 0 Å². The summed E-state index contributed by atoms with van der Waals surface area (Å²) in [6.07, 6.45) is 1.67. The van der Waals surface area contributed by atoms with E-state index in [9.17, 15) is 14.4 Å². The van der Waals surface area contributed by atoms with Gasteiger partial charge < -0.3 is 19.4 Å². The fourth-order valence-corrected chi connectivity index (χ4v) is 5.52. The van der Waals surface area contributed by atoms with E-state index in [1.807, 2.05) is 60.1 Å². The van der Waals surface area contributed by atoms with Crippen LogP contribution < -0.4 is 10.2 Å². The third-order valence-electron chi connectivity index (χ3n) is 7.73. The number of nitrogens with one attached hydrogen (secondary N) is 1. The highest BCUT2D eigenvalue weighted by molar-refractivity contribution is 6.02. The molecule has 3 heterocycles. The maximum absolute atomic E-state index is 14.4. The Balaban J connectivity index is 1.44. The first kappa shape index (κ1) is 29.0. The van der Waals surface area contributed by atoms with Gasteiger partial charge in [-0.2, -0.15) is 0 Å². The number of hydrogen-bond acceptors (Lipinski definition) is 8. The molecular weight excluding hydrogens is 562 g/mol. The second-order valence-electron chi connectivity index (χ2n) is 10.6. The number of benzene rings is 3. The van der Waals surface area contributed by atoms with E-state index in [1.165, 1.54) is 9.58 Å². The van der Waals surface area contributed by atoms with Crippen molar-refractivity contribution in [2.45, 2.75) is 38.5 Å². The van der Waals surface area contributed by atoms with Gasteiger partial charge in [-0.3, -0.25) is 14.5 Å². The third-order valence-corrected chi connectivity index (χ3v) is 7.73. The van der Waals surface area contributed by atoms with E-state index in [2.05, 4.69) is 15.6 Å². The first-order chi connectivity index (χ1) is 21.4. The zero-order valence-corrected chi connectivity index (χ0v) is 24.6. The number of aryl methyl sites for hydroxylation is 1. The second kappa shape index (κ2) is 12.6. The van der Waals surface area contributed by atoms with E-state index in [-0.39, 0.29) is 19.3 Å². The Labute approximate surface area is 253 Å². The molecule has 12 nitrogen and oxygen atoms in total. The van der Waals surface area contributed by atoms with Crippen LogP contribution in [-0.2, 0) is 32.7 Å². The summed E-state index contributed by atoms with van der Waals surface area (Å²) in [4.78, 5) is 47.2. The summed E-state index contributed by atoms with van der Waals surface area (Å²) in [6, 6.07) is 20.1. The number of rotatable bonds is 10. The topological polar surface area (TPSA) is 133 Å². The van der Waals surface area contributed by atoms with Gasteiger partial charge in [0.1, 0.15) is 17.9 Å². The van der Waals surface area contributed by atoms with Crippen molar-refractivity contribution in [3.8, 4) is 0 Å². The molecular formula is C32H33N7O5. The Kier molecular flexibility index (Phi) is 8.33. The molecule has 0 aliphatic carbocycles. The van der Waals surface area contributed by atoms with Gasteiger partial charge in [0.2, 0.25) is 5.91 Å². The molecule has 2 atom stereocenters. The number of carbonyl (C=O) groups is 3. The van der Waals surface area contributed by atoms with Crippen LogP contribution in [0.4, 0.5) is 5.69 Å². The van der Waals surface area contributed by atoms with Crippen LogP contribution >= 0.6 is 0 Å². The Bertz CT molecular complexity index is 1810. The van der Waals surface area contributed by atoms with Crippen LogP contribution in [0, 0.1) is 0 Å². The second-order valence-corrected chi connectivity index (χ2v) is 10.6. The van der Waals surface area contributed by atoms with Gasteiger partial charge in [0, 0.05) is 25.9 Å². The fraction of sp³-hybridized carbons (Fsp3) is 0.312. The van der Waals surface area contributed by atoms with Crippen molar-refractivity contribution in [2.24, 2.45) is 7.05 Å². The highest BCUT2D eigenvalue weighted by atomic mass is 16.5. The lowest BCUT2D eigenvalue weighted by Crippen LogP contribution is -2.47. The molecule has 6 rings (SSSR count). The quantitative estimate of drug-likeness (QED) is 0.242. The fourth-order valence-electron chi connectivity index (χ4n) is 5.52. The highest BCUT2D eigenvalue weighted by Gasteiger charge is 2.37. The number of hydrogen-bond donors (Lipinski definition) is 1. The predicted octanol–water partition coefficient (Wildman–Crippen LogP) is 3.56. The summed E-state index contributed by atoms with van der Waals surface area (Å²) >= 11 is 0. The first-order valence-electron chi connectivity index (χ1n) is 14.6. The first-order valence-corrected chi connectivity index (χ1v) is 14.6. The van der Waals surface area contributed by atoms with Crippen LogP contribution in [0.25, 0.3) is 22.1 Å². The predicted molar refractivity (Wildman–Crippen MR) is 163 cm³/mol. The number of aromatic nitrogens is 5. The van der Waals surface area contributed by atoms with E-state index >= 15 is 0 Å². The number of imidazole rings is 1. The molecule has 2 amide bonds. The molecule has 1 fully saturated rings. The molecule has 2 aromatic heterocycles. The van der Waals surface area contributed by atoms with Crippen molar-refractivity contribution in [3.05, 3.63) is 84.2 Å². The maximum Gasteiger partial charge on any atom is 0.338 e. The Morgan fingerprint density at radius 3 is 2.45 bits per heavy atom. The zero-order valence-electron chi connectivity index (χ0n) is 24.6. The van der Waals surface area contributed by atoms with Crippen LogP contribution in [0.1, 0.15) is 42.0 Å². The number of esters is 1. The minimum Gasteiger partial charge on any atom is -0.462 e. The summed E-state index contributed by atoms with van der Waals surface area (Å²) in [6.45, 7) is 2.72. The minimum absolute atomic E-state index is 0.102. The van der Waals surface area contributed by atoms with Crippen molar-refractivity contribution in [1.82, 2.24) is 29.9 Å². The van der Waals surface area contributed by atoms with Gasteiger partial charge in [0.05, 0.1) is 34.8 Å². The van der Waals surface area contributed by atoms with Gasteiger partial charge in [-0.15, -0.1) is 5.10 Å². The zero-order chi connectivity index (χ0) is 30.6. The Morgan fingerprint density at radius 1 is 1.02 bits per heavy atom. The molecule has 1 aliphatic rings. The van der Waals surface area contributed by atoms with Gasteiger partial charge in [0.15, 0.2) is 6.04 Å². The molecule has 0 unspecified atom stereocenters. The van der Waals surface area contributed by atoms with Crippen molar-refractivity contribution < 1.29 is 23.9 Å². The van der Waals surface area contributed by atoms with Crippen LogP contribution in [0.15, 0.2) is 72.8 Å². The summed E-state index contributed by atoms with van der Waals surface area (Å²) in [5, 5.41) is 11.4. The number of nitrogens with zero attached hydrogens (tertiary/aromatic N) is 6. The Morgan fingerprint density at radius 2 is 1.75 bits per heavy atom. The van der Waals surface area contributed by atoms with E-state index in [0.717, 1.165) is 18.4 Å². The molecule has 0 spiro atoms. The Hall–Kier alpha value is -5.10. The average molecular weight is 596 g/mol. The lowest BCUT2D eigenvalue weighted by Gasteiger charge is -2.31. The molecule has 0 saturated carbocycles. The molecule has 3 aromatic carbocycles. The summed E-state index contributed by atoms with van der Waals surface area (Å²) in [7, 11) is 1.82. The van der Waals surface area contributed by atoms with Gasteiger partial charge >= 0.3 is 5.97 Å². The van der Waals surface area contributed by atoms with Crippen molar-refractivity contribution in [2.75, 3.05) is 24.7 Å². The van der Waals surface area contributed by atoms with Crippen LogP contribution in [-0.4, -0.2) is 68.2 Å². The molecule has 12 heteroatoms. The normalized spacial score (nSPS) is 15.4.